The zero-order chi connectivity index (χ0) is 17.5. The maximum Gasteiger partial charge on any atom is 0.224 e. The van der Waals surface area contributed by atoms with Crippen LogP contribution >= 0.6 is 11.6 Å². The smallest absolute Gasteiger partial charge is 0.224 e. The Hall–Kier alpha value is -2.27. The standard InChI is InChI=1S/C19H23ClN4O/c1-25-17-8-7-15(13-16(17)20)23-18-10-12-22-19(24-18)21-11-9-14-5-3-2-4-6-14/h5,7-8,10,12-13H,2-4,6,9,11H2,1H3,(H2,21,22,23,24). The van der Waals surface area contributed by atoms with E-state index in [0.29, 0.717) is 16.7 Å². The summed E-state index contributed by atoms with van der Waals surface area (Å²) in [7, 11) is 1.60. The molecule has 6 heteroatoms. The van der Waals surface area contributed by atoms with E-state index in [-0.39, 0.29) is 0 Å². The van der Waals surface area contributed by atoms with Crippen molar-refractivity contribution in [2.45, 2.75) is 32.1 Å². The quantitative estimate of drug-likeness (QED) is 0.667. The number of ether oxygens (including phenoxy) is 1. The van der Waals surface area contributed by atoms with Crippen molar-refractivity contribution in [3.63, 3.8) is 0 Å². The molecule has 0 atom stereocenters. The van der Waals surface area contributed by atoms with Crippen molar-refractivity contribution in [3.8, 4) is 5.75 Å². The van der Waals surface area contributed by atoms with E-state index in [1.54, 1.807) is 18.9 Å². The molecule has 1 aromatic carbocycles. The Bertz CT molecular complexity index is 748. The SMILES string of the molecule is COc1ccc(Nc2ccnc(NCCC3=CCCCC3)n2)cc1Cl. The normalized spacial score (nSPS) is 13.9. The Morgan fingerprint density at radius 1 is 1.24 bits per heavy atom. The second-order valence-electron chi connectivity index (χ2n) is 6.02. The summed E-state index contributed by atoms with van der Waals surface area (Å²) in [5.74, 6) is 1.99. The third-order valence-electron chi connectivity index (χ3n) is 4.19. The molecule has 1 aliphatic carbocycles. The lowest BCUT2D eigenvalue weighted by Gasteiger charge is -2.13. The number of benzene rings is 1. The van der Waals surface area contributed by atoms with Gasteiger partial charge < -0.3 is 15.4 Å². The van der Waals surface area contributed by atoms with Crippen LogP contribution in [0.3, 0.4) is 0 Å². The van der Waals surface area contributed by atoms with E-state index < -0.39 is 0 Å². The molecule has 0 amide bonds. The van der Waals surface area contributed by atoms with Gasteiger partial charge in [0.05, 0.1) is 12.1 Å². The molecule has 3 rings (SSSR count). The van der Waals surface area contributed by atoms with Crippen molar-refractivity contribution in [2.24, 2.45) is 0 Å². The maximum absolute atomic E-state index is 6.15. The lowest BCUT2D eigenvalue weighted by molar-refractivity contribution is 0.415. The highest BCUT2D eigenvalue weighted by molar-refractivity contribution is 6.32. The Morgan fingerprint density at radius 3 is 2.92 bits per heavy atom. The van der Waals surface area contributed by atoms with Crippen LogP contribution in [0, 0.1) is 0 Å². The van der Waals surface area contributed by atoms with Gasteiger partial charge >= 0.3 is 0 Å². The van der Waals surface area contributed by atoms with Gasteiger partial charge in [0.1, 0.15) is 11.6 Å². The molecule has 1 aromatic heterocycles. The van der Waals surface area contributed by atoms with Crippen LogP contribution in [0.2, 0.25) is 5.02 Å². The fourth-order valence-electron chi connectivity index (χ4n) is 2.87. The summed E-state index contributed by atoms with van der Waals surface area (Å²) in [6.07, 6.45) is 10.2. The first-order valence-electron chi connectivity index (χ1n) is 8.60. The molecule has 2 aromatic rings. The number of nitrogens with zero attached hydrogens (tertiary/aromatic N) is 2. The molecule has 0 unspecified atom stereocenters. The molecule has 5 nitrogen and oxygen atoms in total. The lowest BCUT2D eigenvalue weighted by atomic mass is 9.97. The van der Waals surface area contributed by atoms with Crippen LogP contribution in [0.4, 0.5) is 17.5 Å². The third-order valence-corrected chi connectivity index (χ3v) is 4.49. The van der Waals surface area contributed by atoms with Crippen LogP contribution in [0.15, 0.2) is 42.1 Å². The molecular weight excluding hydrogens is 336 g/mol. The molecule has 0 bridgehead atoms. The van der Waals surface area contributed by atoms with Crippen LogP contribution in [0.1, 0.15) is 32.1 Å². The largest absolute Gasteiger partial charge is 0.495 e. The third kappa shape index (κ3) is 5.10. The number of hydrogen-bond acceptors (Lipinski definition) is 5. The molecule has 0 saturated heterocycles. The first-order valence-corrected chi connectivity index (χ1v) is 8.98. The van der Waals surface area contributed by atoms with Crippen molar-refractivity contribution in [2.75, 3.05) is 24.3 Å². The number of methoxy groups -OCH3 is 1. The Morgan fingerprint density at radius 2 is 2.16 bits per heavy atom. The van der Waals surface area contributed by atoms with Gasteiger partial charge in [-0.25, -0.2) is 4.98 Å². The van der Waals surface area contributed by atoms with Gasteiger partial charge in [-0.05, 0) is 56.4 Å². The van der Waals surface area contributed by atoms with Gasteiger partial charge in [-0.15, -0.1) is 0 Å². The minimum Gasteiger partial charge on any atom is -0.495 e. The van der Waals surface area contributed by atoms with Crippen LogP contribution in [-0.2, 0) is 0 Å². The van der Waals surface area contributed by atoms with Crippen molar-refractivity contribution < 1.29 is 4.74 Å². The Kier molecular flexibility index (Phi) is 6.12. The molecule has 0 saturated carbocycles. The van der Waals surface area contributed by atoms with Gasteiger partial charge in [0.2, 0.25) is 5.95 Å². The summed E-state index contributed by atoms with van der Waals surface area (Å²) in [6.45, 7) is 0.851. The van der Waals surface area contributed by atoms with Crippen LogP contribution < -0.4 is 15.4 Å². The summed E-state index contributed by atoms with van der Waals surface area (Å²) in [5.41, 5.74) is 2.39. The summed E-state index contributed by atoms with van der Waals surface area (Å²) in [6, 6.07) is 7.36. The first-order chi connectivity index (χ1) is 12.2. The molecule has 1 aliphatic rings. The zero-order valence-corrected chi connectivity index (χ0v) is 15.1. The average molecular weight is 359 g/mol. The van der Waals surface area contributed by atoms with Gasteiger partial charge in [0.15, 0.2) is 0 Å². The topological polar surface area (TPSA) is 59.1 Å². The van der Waals surface area contributed by atoms with Crippen molar-refractivity contribution in [3.05, 3.63) is 47.1 Å². The number of aromatic nitrogens is 2. The number of hydrogen-bond donors (Lipinski definition) is 2. The second-order valence-corrected chi connectivity index (χ2v) is 6.43. The number of halogens is 1. The summed E-state index contributed by atoms with van der Waals surface area (Å²) in [4.78, 5) is 8.78. The second kappa shape index (κ2) is 8.72. The van der Waals surface area contributed by atoms with E-state index in [0.717, 1.165) is 24.5 Å². The summed E-state index contributed by atoms with van der Waals surface area (Å²) < 4.78 is 5.16. The fourth-order valence-corrected chi connectivity index (χ4v) is 3.13. The molecular formula is C19H23ClN4O. The first kappa shape index (κ1) is 17.5. The molecule has 0 aliphatic heterocycles. The maximum atomic E-state index is 6.15. The van der Waals surface area contributed by atoms with Crippen molar-refractivity contribution in [1.29, 1.82) is 0 Å². The van der Waals surface area contributed by atoms with Gasteiger partial charge in [-0.3, -0.25) is 0 Å². The van der Waals surface area contributed by atoms with Crippen molar-refractivity contribution in [1.82, 2.24) is 9.97 Å². The molecule has 132 valence electrons. The van der Waals surface area contributed by atoms with E-state index in [9.17, 15) is 0 Å². The molecule has 0 spiro atoms. The molecule has 25 heavy (non-hydrogen) atoms. The highest BCUT2D eigenvalue weighted by Crippen LogP contribution is 2.28. The van der Waals surface area contributed by atoms with Gasteiger partial charge in [0, 0.05) is 18.4 Å². The van der Waals surface area contributed by atoms with Crippen LogP contribution in [-0.4, -0.2) is 23.6 Å². The predicted octanol–water partition coefficient (Wildman–Crippen LogP) is 5.18. The molecule has 0 radical (unpaired) electrons. The minimum absolute atomic E-state index is 0.556. The van der Waals surface area contributed by atoms with Crippen molar-refractivity contribution >= 4 is 29.1 Å². The molecule has 2 N–H and O–H groups in total. The predicted molar refractivity (Wildman–Crippen MR) is 103 cm³/mol. The summed E-state index contributed by atoms with van der Waals surface area (Å²) >= 11 is 6.15. The van der Waals surface area contributed by atoms with E-state index in [4.69, 9.17) is 16.3 Å². The number of rotatable bonds is 7. The highest BCUT2D eigenvalue weighted by atomic mass is 35.5. The number of anilines is 3. The summed E-state index contributed by atoms with van der Waals surface area (Å²) in [5, 5.41) is 7.09. The Labute approximate surface area is 153 Å². The van der Waals surface area contributed by atoms with E-state index >= 15 is 0 Å². The monoisotopic (exact) mass is 358 g/mol. The van der Waals surface area contributed by atoms with Gasteiger partial charge in [-0.2, -0.15) is 4.98 Å². The zero-order valence-electron chi connectivity index (χ0n) is 14.4. The fraction of sp³-hybridized carbons (Fsp3) is 0.368. The van der Waals surface area contributed by atoms with Gasteiger partial charge in [0.25, 0.3) is 0 Å². The van der Waals surface area contributed by atoms with E-state index in [1.807, 2.05) is 24.3 Å². The molecule has 1 heterocycles. The lowest BCUT2D eigenvalue weighted by Crippen LogP contribution is -2.08. The van der Waals surface area contributed by atoms with E-state index in [1.165, 1.54) is 25.7 Å². The number of nitrogens with one attached hydrogen (secondary N) is 2. The number of allylic oxidation sites excluding steroid dienone is 1. The van der Waals surface area contributed by atoms with Crippen LogP contribution in [0.5, 0.6) is 5.75 Å². The average Bonchev–Trinajstić information content (AvgIpc) is 2.63. The van der Waals surface area contributed by atoms with E-state index in [2.05, 4.69) is 26.7 Å². The molecule has 0 fully saturated rings. The Balaban J connectivity index is 1.57. The van der Waals surface area contributed by atoms with Gasteiger partial charge in [-0.1, -0.05) is 23.3 Å². The minimum atomic E-state index is 0.556. The highest BCUT2D eigenvalue weighted by Gasteiger charge is 2.06. The van der Waals surface area contributed by atoms with Crippen LogP contribution in [0.25, 0.3) is 0 Å².